The second-order valence-electron chi connectivity index (χ2n) is 3.60. The lowest BCUT2D eigenvalue weighted by Gasteiger charge is -2.03. The molecule has 1 amide bonds. The van der Waals surface area contributed by atoms with Gasteiger partial charge in [-0.3, -0.25) is 4.79 Å². The molecule has 0 aliphatic carbocycles. The molecule has 2 N–H and O–H groups in total. The lowest BCUT2D eigenvalue weighted by Crippen LogP contribution is -3.00. The highest BCUT2D eigenvalue weighted by Gasteiger charge is 2.05. The van der Waals surface area contributed by atoms with E-state index >= 15 is 0 Å². The summed E-state index contributed by atoms with van der Waals surface area (Å²) in [5.41, 5.74) is 1.43. The van der Waals surface area contributed by atoms with Crippen LogP contribution in [0.25, 0.3) is 0 Å². The maximum absolute atomic E-state index is 12.7. The SMILES string of the molecule is O=C(NCc1ccc[nH+]c1)c1ccc(F)cc1.[Cl-]. The molecule has 0 spiro atoms. The Labute approximate surface area is 110 Å². The highest BCUT2D eigenvalue weighted by atomic mass is 35.5. The second-order valence-corrected chi connectivity index (χ2v) is 3.60. The van der Waals surface area contributed by atoms with Crippen LogP contribution in [0.4, 0.5) is 4.39 Å². The molecule has 0 fully saturated rings. The van der Waals surface area contributed by atoms with Gasteiger partial charge in [-0.05, 0) is 30.3 Å². The van der Waals surface area contributed by atoms with Crippen molar-refractivity contribution in [2.75, 3.05) is 0 Å². The Hall–Kier alpha value is -1.94. The van der Waals surface area contributed by atoms with E-state index in [2.05, 4.69) is 10.3 Å². The summed E-state index contributed by atoms with van der Waals surface area (Å²) in [5, 5.41) is 2.75. The van der Waals surface area contributed by atoms with Gasteiger partial charge in [0.05, 0.1) is 0 Å². The Bertz CT molecular complexity index is 502. The van der Waals surface area contributed by atoms with Gasteiger partial charge in [0, 0.05) is 23.7 Å². The molecule has 18 heavy (non-hydrogen) atoms. The third kappa shape index (κ3) is 3.82. The number of aromatic nitrogens is 1. The molecular weight excluding hydrogens is 255 g/mol. The number of aromatic amines is 1. The van der Waals surface area contributed by atoms with Crippen LogP contribution in [0.3, 0.4) is 0 Å². The first-order valence-corrected chi connectivity index (χ1v) is 5.24. The van der Waals surface area contributed by atoms with E-state index in [9.17, 15) is 9.18 Å². The van der Waals surface area contributed by atoms with Crippen LogP contribution in [0.5, 0.6) is 0 Å². The number of rotatable bonds is 3. The number of benzene rings is 1. The fourth-order valence-corrected chi connectivity index (χ4v) is 1.43. The molecule has 0 bridgehead atoms. The summed E-state index contributed by atoms with van der Waals surface area (Å²) in [5.74, 6) is -0.562. The summed E-state index contributed by atoms with van der Waals surface area (Å²) in [4.78, 5) is 14.6. The molecule has 0 saturated carbocycles. The first-order valence-electron chi connectivity index (χ1n) is 5.24. The summed E-state index contributed by atoms with van der Waals surface area (Å²) in [6, 6.07) is 9.22. The average molecular weight is 267 g/mol. The molecule has 1 heterocycles. The van der Waals surface area contributed by atoms with E-state index in [1.807, 2.05) is 18.3 Å². The van der Waals surface area contributed by atoms with Gasteiger partial charge >= 0.3 is 0 Å². The third-order valence-corrected chi connectivity index (χ3v) is 2.33. The van der Waals surface area contributed by atoms with Crippen LogP contribution in [-0.2, 0) is 6.54 Å². The van der Waals surface area contributed by atoms with Crippen molar-refractivity contribution in [1.29, 1.82) is 0 Å². The van der Waals surface area contributed by atoms with Gasteiger partial charge in [0.15, 0.2) is 12.4 Å². The minimum absolute atomic E-state index is 0. The Morgan fingerprint density at radius 2 is 1.94 bits per heavy atom. The number of H-pyrrole nitrogens is 1. The van der Waals surface area contributed by atoms with E-state index in [4.69, 9.17) is 0 Å². The van der Waals surface area contributed by atoms with Gasteiger partial charge in [0.1, 0.15) is 5.82 Å². The highest BCUT2D eigenvalue weighted by molar-refractivity contribution is 5.94. The maximum Gasteiger partial charge on any atom is 0.251 e. The Morgan fingerprint density at radius 3 is 2.56 bits per heavy atom. The van der Waals surface area contributed by atoms with E-state index in [0.717, 1.165) is 5.56 Å². The third-order valence-electron chi connectivity index (χ3n) is 2.33. The van der Waals surface area contributed by atoms with Gasteiger partial charge in [-0.1, -0.05) is 0 Å². The molecule has 2 aromatic rings. The van der Waals surface area contributed by atoms with Gasteiger partial charge in [-0.25, -0.2) is 9.37 Å². The van der Waals surface area contributed by atoms with Crippen molar-refractivity contribution >= 4 is 5.91 Å². The van der Waals surface area contributed by atoms with Gasteiger partial charge in [0.2, 0.25) is 0 Å². The topological polar surface area (TPSA) is 43.2 Å². The van der Waals surface area contributed by atoms with E-state index in [-0.39, 0.29) is 24.1 Å². The first-order chi connectivity index (χ1) is 8.25. The monoisotopic (exact) mass is 266 g/mol. The zero-order chi connectivity index (χ0) is 12.1. The number of amides is 1. The van der Waals surface area contributed by atoms with Crippen molar-refractivity contribution in [3.05, 3.63) is 65.7 Å². The van der Waals surface area contributed by atoms with Crippen LogP contribution in [0.15, 0.2) is 48.8 Å². The summed E-state index contributed by atoms with van der Waals surface area (Å²) in [7, 11) is 0. The largest absolute Gasteiger partial charge is 1.00 e. The van der Waals surface area contributed by atoms with Crippen LogP contribution < -0.4 is 22.7 Å². The molecule has 0 unspecified atom stereocenters. The van der Waals surface area contributed by atoms with Crippen molar-refractivity contribution in [3.63, 3.8) is 0 Å². The van der Waals surface area contributed by atoms with Gasteiger partial charge < -0.3 is 17.7 Å². The summed E-state index contributed by atoms with van der Waals surface area (Å²) >= 11 is 0. The second kappa shape index (κ2) is 6.71. The Morgan fingerprint density at radius 1 is 1.22 bits per heavy atom. The van der Waals surface area contributed by atoms with Gasteiger partial charge in [-0.2, -0.15) is 0 Å². The molecule has 3 nitrogen and oxygen atoms in total. The predicted octanol–water partition coefficient (Wildman–Crippen LogP) is -1.43. The maximum atomic E-state index is 12.7. The van der Waals surface area contributed by atoms with Crippen molar-refractivity contribution < 1.29 is 26.6 Å². The highest BCUT2D eigenvalue weighted by Crippen LogP contribution is 2.03. The fourth-order valence-electron chi connectivity index (χ4n) is 1.43. The van der Waals surface area contributed by atoms with Gasteiger partial charge in [-0.15, -0.1) is 0 Å². The fraction of sp³-hybridized carbons (Fsp3) is 0.0769. The van der Waals surface area contributed by atoms with Crippen LogP contribution in [0.2, 0.25) is 0 Å². The van der Waals surface area contributed by atoms with Crippen molar-refractivity contribution in [2.24, 2.45) is 0 Å². The molecule has 0 radical (unpaired) electrons. The molecule has 5 heteroatoms. The lowest BCUT2D eigenvalue weighted by molar-refractivity contribution is -0.378. The number of halogens is 2. The number of carbonyl (C=O) groups is 1. The van der Waals surface area contributed by atoms with E-state index in [0.29, 0.717) is 12.1 Å². The van der Waals surface area contributed by atoms with E-state index < -0.39 is 0 Å². The number of hydrogen-bond donors (Lipinski definition) is 1. The van der Waals surface area contributed by atoms with Crippen LogP contribution in [-0.4, -0.2) is 5.91 Å². The summed E-state index contributed by atoms with van der Waals surface area (Å²) in [6.45, 7) is 0.438. The molecule has 1 aromatic carbocycles. The van der Waals surface area contributed by atoms with Crippen LogP contribution in [0.1, 0.15) is 15.9 Å². The van der Waals surface area contributed by atoms with Crippen molar-refractivity contribution in [2.45, 2.75) is 6.54 Å². The molecule has 2 rings (SSSR count). The van der Waals surface area contributed by atoms with Crippen molar-refractivity contribution in [3.8, 4) is 0 Å². The van der Waals surface area contributed by atoms with Crippen LogP contribution in [0, 0.1) is 5.82 Å². The number of pyridine rings is 1. The Kier molecular flexibility index (Phi) is 5.27. The Balaban J connectivity index is 0.00000162. The molecule has 0 aliphatic heterocycles. The molecule has 94 valence electrons. The van der Waals surface area contributed by atoms with Gasteiger partial charge in [0.25, 0.3) is 5.91 Å². The van der Waals surface area contributed by atoms with Crippen molar-refractivity contribution in [1.82, 2.24) is 5.32 Å². The minimum atomic E-state index is -0.348. The summed E-state index contributed by atoms with van der Waals surface area (Å²) in [6.07, 6.45) is 3.61. The van der Waals surface area contributed by atoms with Crippen LogP contribution >= 0.6 is 0 Å². The van der Waals surface area contributed by atoms with E-state index in [1.165, 1.54) is 24.3 Å². The smallest absolute Gasteiger partial charge is 0.251 e. The number of nitrogens with one attached hydrogen (secondary N) is 2. The quantitative estimate of drug-likeness (QED) is 0.728. The van der Waals surface area contributed by atoms with E-state index in [1.54, 1.807) is 6.20 Å². The predicted molar refractivity (Wildman–Crippen MR) is 60.6 cm³/mol. The molecule has 0 saturated heterocycles. The zero-order valence-corrected chi connectivity index (χ0v) is 10.2. The number of hydrogen-bond acceptors (Lipinski definition) is 1. The molecule has 0 atom stereocenters. The lowest BCUT2D eigenvalue weighted by atomic mass is 10.2. The molecular formula is C13H12ClFN2O. The molecule has 0 aliphatic rings. The molecule has 1 aromatic heterocycles. The normalized spacial score (nSPS) is 9.39. The summed E-state index contributed by atoms with van der Waals surface area (Å²) < 4.78 is 12.7. The standard InChI is InChI=1S/C13H11FN2O.ClH/c14-12-5-3-11(4-6-12)13(17)16-9-10-2-1-7-15-8-10;/h1-8H,9H2,(H,16,17);1H. The zero-order valence-electron chi connectivity index (χ0n) is 9.49. The average Bonchev–Trinajstić information content (AvgIpc) is 2.38. The first kappa shape index (κ1) is 14.1. The minimum Gasteiger partial charge on any atom is -1.00 e. The number of carbonyl (C=O) groups excluding carboxylic acids is 1.